The highest BCUT2D eigenvalue weighted by molar-refractivity contribution is 7.07. The van der Waals surface area contributed by atoms with E-state index in [1.54, 1.807) is 11.3 Å². The van der Waals surface area contributed by atoms with Crippen molar-refractivity contribution in [3.05, 3.63) is 52.2 Å². The molecule has 0 atom stereocenters. The zero-order valence-corrected chi connectivity index (χ0v) is 13.7. The van der Waals surface area contributed by atoms with Crippen LogP contribution in [0.3, 0.4) is 0 Å². The van der Waals surface area contributed by atoms with Crippen LogP contribution in [0.1, 0.15) is 43.2 Å². The quantitative estimate of drug-likeness (QED) is 0.803. The molecule has 1 saturated carbocycles. The molecule has 3 heteroatoms. The van der Waals surface area contributed by atoms with E-state index in [1.807, 2.05) is 0 Å². The number of anilines is 1. The third-order valence-corrected chi connectivity index (χ3v) is 5.84. The van der Waals surface area contributed by atoms with Gasteiger partial charge in [-0.15, -0.1) is 0 Å². The van der Waals surface area contributed by atoms with Crippen LogP contribution in [-0.2, 0) is 13.0 Å². The van der Waals surface area contributed by atoms with Crippen LogP contribution >= 0.6 is 11.3 Å². The van der Waals surface area contributed by atoms with Crippen LogP contribution in [0.5, 0.6) is 0 Å². The average molecular weight is 310 g/mol. The summed E-state index contributed by atoms with van der Waals surface area (Å²) in [5, 5.41) is 8.01. The predicted molar refractivity (Wildman–Crippen MR) is 94.7 cm³/mol. The zero-order valence-electron chi connectivity index (χ0n) is 12.8. The predicted octanol–water partition coefficient (Wildman–Crippen LogP) is 5.27. The van der Waals surface area contributed by atoms with E-state index in [0.717, 1.165) is 13.0 Å². The largest absolute Gasteiger partial charge is 0.343 e. The second-order valence-corrected chi connectivity index (χ2v) is 7.38. The molecule has 1 aromatic carbocycles. The number of thiophene rings is 1. The van der Waals surface area contributed by atoms with Crippen molar-refractivity contribution >= 4 is 22.9 Å². The maximum atomic E-state index is 5.01. The maximum absolute atomic E-state index is 5.01. The molecule has 1 fully saturated rings. The summed E-state index contributed by atoms with van der Waals surface area (Å²) < 4.78 is 0. The van der Waals surface area contributed by atoms with E-state index in [0.29, 0.717) is 0 Å². The van der Waals surface area contributed by atoms with E-state index in [1.165, 1.54) is 54.8 Å². The van der Waals surface area contributed by atoms with Gasteiger partial charge in [-0.25, -0.2) is 0 Å². The number of nitrogens with one attached hydrogen (secondary N) is 1. The highest BCUT2D eigenvalue weighted by Gasteiger charge is 2.40. The number of nitrogens with zero attached hydrogens (tertiary/aromatic N) is 1. The number of aliphatic imine (C=N–C) groups is 1. The van der Waals surface area contributed by atoms with Gasteiger partial charge in [0.25, 0.3) is 0 Å². The summed E-state index contributed by atoms with van der Waals surface area (Å²) in [6.07, 6.45) is 7.75. The fraction of sp³-hybridized carbons (Fsp3) is 0.421. The van der Waals surface area contributed by atoms with Gasteiger partial charge in [0.05, 0.1) is 6.54 Å². The topological polar surface area (TPSA) is 24.4 Å². The van der Waals surface area contributed by atoms with E-state index in [2.05, 4.69) is 46.4 Å². The van der Waals surface area contributed by atoms with E-state index < -0.39 is 0 Å². The van der Waals surface area contributed by atoms with Gasteiger partial charge in [0.15, 0.2) is 0 Å². The van der Waals surface area contributed by atoms with Crippen molar-refractivity contribution in [2.45, 2.75) is 45.1 Å². The van der Waals surface area contributed by atoms with Gasteiger partial charge in [0.1, 0.15) is 5.84 Å². The van der Waals surface area contributed by atoms with E-state index >= 15 is 0 Å². The van der Waals surface area contributed by atoms with Crippen LogP contribution in [0.4, 0.5) is 5.69 Å². The summed E-state index contributed by atoms with van der Waals surface area (Å²) in [4.78, 5) is 5.01. The van der Waals surface area contributed by atoms with Crippen LogP contribution in [-0.4, -0.2) is 5.84 Å². The van der Waals surface area contributed by atoms with Crippen LogP contribution in [0.2, 0.25) is 0 Å². The van der Waals surface area contributed by atoms with Crippen LogP contribution in [0.15, 0.2) is 46.1 Å². The fourth-order valence-corrected chi connectivity index (χ4v) is 4.57. The first-order valence-corrected chi connectivity index (χ1v) is 9.21. The Morgan fingerprint density at radius 1 is 1.09 bits per heavy atom. The van der Waals surface area contributed by atoms with Crippen molar-refractivity contribution in [2.75, 3.05) is 5.32 Å². The van der Waals surface area contributed by atoms with Gasteiger partial charge >= 0.3 is 0 Å². The molecule has 2 aromatic rings. The van der Waals surface area contributed by atoms with Crippen molar-refractivity contribution in [1.29, 1.82) is 0 Å². The number of amidine groups is 1. The lowest BCUT2D eigenvalue weighted by Crippen LogP contribution is -2.43. The van der Waals surface area contributed by atoms with E-state index in [4.69, 9.17) is 4.99 Å². The second kappa shape index (κ2) is 5.88. The Morgan fingerprint density at radius 3 is 2.77 bits per heavy atom. The molecule has 4 rings (SSSR count). The van der Waals surface area contributed by atoms with Gasteiger partial charge < -0.3 is 5.32 Å². The first-order chi connectivity index (χ1) is 10.9. The number of benzene rings is 1. The first-order valence-electron chi connectivity index (χ1n) is 8.27. The normalized spacial score (nSPS) is 21.5. The minimum atomic E-state index is 0.253. The van der Waals surface area contributed by atoms with Crippen molar-refractivity contribution < 1.29 is 0 Å². The third kappa shape index (κ3) is 2.58. The Balaban J connectivity index is 1.68. The molecule has 2 aliphatic rings. The van der Waals surface area contributed by atoms with Crippen LogP contribution < -0.4 is 5.32 Å². The summed E-state index contributed by atoms with van der Waals surface area (Å²) in [6.45, 7) is 0.801. The lowest BCUT2D eigenvalue weighted by molar-refractivity contribution is 0.278. The molecule has 1 aliphatic heterocycles. The van der Waals surface area contributed by atoms with Crippen molar-refractivity contribution in [3.63, 3.8) is 0 Å². The maximum Gasteiger partial charge on any atom is 0.108 e. The fourth-order valence-electron chi connectivity index (χ4n) is 3.91. The highest BCUT2D eigenvalue weighted by atomic mass is 32.1. The smallest absolute Gasteiger partial charge is 0.108 e. The summed E-state index contributed by atoms with van der Waals surface area (Å²) in [6, 6.07) is 10.9. The van der Waals surface area contributed by atoms with E-state index in [-0.39, 0.29) is 5.41 Å². The lowest BCUT2D eigenvalue weighted by Gasteiger charge is -2.42. The van der Waals surface area contributed by atoms with Gasteiger partial charge in [-0.2, -0.15) is 11.3 Å². The number of fused-ring (bicyclic) bond motifs is 1. The monoisotopic (exact) mass is 310 g/mol. The van der Waals surface area contributed by atoms with Gasteiger partial charge in [0, 0.05) is 11.1 Å². The lowest BCUT2D eigenvalue weighted by atomic mass is 9.67. The van der Waals surface area contributed by atoms with Crippen molar-refractivity contribution in [3.8, 4) is 0 Å². The van der Waals surface area contributed by atoms with Gasteiger partial charge in [-0.1, -0.05) is 37.5 Å². The highest BCUT2D eigenvalue weighted by Crippen LogP contribution is 2.45. The molecule has 0 radical (unpaired) electrons. The summed E-state index contributed by atoms with van der Waals surface area (Å²) in [5.74, 6) is 1.23. The molecular weight excluding hydrogens is 288 g/mol. The number of para-hydroxylation sites is 1. The standard InChI is InChI=1S/C19H22N2S/c1-4-9-19(10-5-1)12-16-6-2-3-7-17(16)21-18(19)20-13-15-8-11-22-14-15/h2-3,6-8,11,14H,1,4-5,9-10,12-13H2,(H,20,21). The molecule has 1 spiro atoms. The molecule has 2 heterocycles. The Morgan fingerprint density at radius 2 is 1.95 bits per heavy atom. The Hall–Kier alpha value is -1.61. The third-order valence-electron chi connectivity index (χ3n) is 5.11. The second-order valence-electron chi connectivity index (χ2n) is 6.60. The Kier molecular flexibility index (Phi) is 3.75. The zero-order chi connectivity index (χ0) is 14.8. The van der Waals surface area contributed by atoms with Crippen molar-refractivity contribution in [1.82, 2.24) is 0 Å². The van der Waals surface area contributed by atoms with Gasteiger partial charge in [-0.3, -0.25) is 4.99 Å². The summed E-state index contributed by atoms with van der Waals surface area (Å²) in [5.41, 5.74) is 4.29. The summed E-state index contributed by atoms with van der Waals surface area (Å²) >= 11 is 1.75. The molecule has 22 heavy (non-hydrogen) atoms. The van der Waals surface area contributed by atoms with Crippen molar-refractivity contribution in [2.24, 2.45) is 10.4 Å². The van der Waals surface area contributed by atoms with Gasteiger partial charge in [0.2, 0.25) is 0 Å². The van der Waals surface area contributed by atoms with Crippen LogP contribution in [0.25, 0.3) is 0 Å². The Labute approximate surface area is 136 Å². The molecule has 0 amide bonds. The SMILES string of the molecule is c1ccc2c(c1)CC1(CCCCC1)C(=NCc1ccsc1)N2. The molecular formula is C19H22N2S. The molecule has 0 unspecified atom stereocenters. The minimum Gasteiger partial charge on any atom is -0.343 e. The molecule has 114 valence electrons. The molecule has 2 nitrogen and oxygen atoms in total. The Bertz CT molecular complexity index is 667. The molecule has 1 aliphatic carbocycles. The van der Waals surface area contributed by atoms with E-state index in [9.17, 15) is 0 Å². The minimum absolute atomic E-state index is 0.253. The molecule has 1 aromatic heterocycles. The number of hydrogen-bond acceptors (Lipinski definition) is 2. The average Bonchev–Trinajstić information content (AvgIpc) is 3.07. The van der Waals surface area contributed by atoms with Crippen LogP contribution in [0, 0.1) is 5.41 Å². The number of hydrogen-bond donors (Lipinski definition) is 1. The molecule has 1 N–H and O–H groups in total. The first kappa shape index (κ1) is 14.0. The number of rotatable bonds is 2. The molecule has 0 saturated heterocycles. The molecule has 0 bridgehead atoms. The van der Waals surface area contributed by atoms with Gasteiger partial charge in [-0.05, 0) is 53.3 Å². The summed E-state index contributed by atoms with van der Waals surface area (Å²) in [7, 11) is 0.